The van der Waals surface area contributed by atoms with Crippen LogP contribution in [-0.4, -0.2) is 67.3 Å². The minimum Gasteiger partial charge on any atom is -0.486 e. The first-order valence-electron chi connectivity index (χ1n) is 12.0. The standard InChI is InChI=1S/C25H25Cl2N7O3/c1-13(22-17(26)8-28-9-18(22)27)36-14-3-4-19-16(7-14)23(32-31-19)24-29-20-11-34(12-21(20)30-24)25(35)37-15-5-6-33(2)10-15/h3-4,7-9,13,15H,5-6,10-12H2,1-2H3,(H,29,30)(H,31,32). The first-order chi connectivity index (χ1) is 17.9. The third kappa shape index (κ3) is 4.60. The molecule has 37 heavy (non-hydrogen) atoms. The Kier molecular flexibility index (Phi) is 6.18. The van der Waals surface area contributed by atoms with Gasteiger partial charge in [0.05, 0.1) is 40.0 Å². The molecule has 4 aromatic rings. The molecule has 2 N–H and O–H groups in total. The second-order valence-corrected chi connectivity index (χ2v) is 10.3. The van der Waals surface area contributed by atoms with Crippen molar-refractivity contribution in [3.63, 3.8) is 0 Å². The van der Waals surface area contributed by atoms with Gasteiger partial charge in [0.2, 0.25) is 0 Å². The highest BCUT2D eigenvalue weighted by atomic mass is 35.5. The number of aromatic nitrogens is 5. The zero-order chi connectivity index (χ0) is 25.7. The fourth-order valence-electron chi connectivity index (χ4n) is 4.90. The van der Waals surface area contributed by atoms with Crippen molar-refractivity contribution in [3.05, 3.63) is 57.6 Å². The lowest BCUT2D eigenvalue weighted by molar-refractivity contribution is 0.0655. The van der Waals surface area contributed by atoms with Crippen molar-refractivity contribution >= 4 is 40.2 Å². The van der Waals surface area contributed by atoms with Crippen LogP contribution in [0.15, 0.2) is 30.6 Å². The van der Waals surface area contributed by atoms with Crippen LogP contribution < -0.4 is 4.74 Å². The highest BCUT2D eigenvalue weighted by Gasteiger charge is 2.32. The fourth-order valence-corrected chi connectivity index (χ4v) is 5.58. The van der Waals surface area contributed by atoms with Gasteiger partial charge in [0, 0.05) is 36.4 Å². The van der Waals surface area contributed by atoms with Crippen molar-refractivity contribution in [3.8, 4) is 17.3 Å². The third-order valence-electron chi connectivity index (χ3n) is 6.80. The number of carbonyl (C=O) groups excluding carboxylic acids is 1. The number of carbonyl (C=O) groups is 1. The number of nitrogens with one attached hydrogen (secondary N) is 2. The summed E-state index contributed by atoms with van der Waals surface area (Å²) in [6.45, 7) is 4.41. The number of halogens is 2. The molecule has 2 aliphatic rings. The van der Waals surface area contributed by atoms with Crippen LogP contribution in [-0.2, 0) is 17.8 Å². The fraction of sp³-hybridized carbons (Fsp3) is 0.360. The monoisotopic (exact) mass is 541 g/mol. The summed E-state index contributed by atoms with van der Waals surface area (Å²) < 4.78 is 11.8. The molecule has 2 unspecified atom stereocenters. The van der Waals surface area contributed by atoms with Crippen LogP contribution in [0.2, 0.25) is 10.0 Å². The zero-order valence-corrected chi connectivity index (χ0v) is 21.8. The molecule has 1 aromatic carbocycles. The summed E-state index contributed by atoms with van der Waals surface area (Å²) in [5.41, 5.74) is 3.89. The van der Waals surface area contributed by atoms with Crippen molar-refractivity contribution in [1.82, 2.24) is 34.9 Å². The topological polar surface area (TPSA) is 112 Å². The van der Waals surface area contributed by atoms with E-state index in [4.69, 9.17) is 37.7 Å². The van der Waals surface area contributed by atoms with Gasteiger partial charge in [-0.05, 0) is 38.6 Å². The normalized spacial score (nSPS) is 18.4. The van der Waals surface area contributed by atoms with E-state index in [1.54, 1.807) is 17.3 Å². The summed E-state index contributed by atoms with van der Waals surface area (Å²) in [7, 11) is 2.03. The molecule has 5 heterocycles. The Hall–Kier alpha value is -3.34. The number of ether oxygens (including phenoxy) is 2. The number of H-pyrrole nitrogens is 2. The Morgan fingerprint density at radius 3 is 2.76 bits per heavy atom. The molecule has 2 atom stereocenters. The van der Waals surface area contributed by atoms with Crippen molar-refractivity contribution in [2.24, 2.45) is 0 Å². The van der Waals surface area contributed by atoms with Gasteiger partial charge in [-0.3, -0.25) is 15.0 Å². The maximum Gasteiger partial charge on any atom is 0.410 e. The number of aromatic amines is 2. The minimum absolute atomic E-state index is 0.0554. The first kappa shape index (κ1) is 24.0. The van der Waals surface area contributed by atoms with E-state index in [2.05, 4.69) is 25.1 Å². The molecule has 1 saturated heterocycles. The summed E-state index contributed by atoms with van der Waals surface area (Å²) in [6, 6.07) is 5.67. The van der Waals surface area contributed by atoms with E-state index in [0.717, 1.165) is 41.8 Å². The van der Waals surface area contributed by atoms with E-state index in [1.807, 2.05) is 32.2 Å². The number of hydrogen-bond acceptors (Lipinski definition) is 7. The third-order valence-corrected chi connectivity index (χ3v) is 7.40. The lowest BCUT2D eigenvalue weighted by Gasteiger charge is -2.19. The van der Waals surface area contributed by atoms with E-state index >= 15 is 0 Å². The quantitative estimate of drug-likeness (QED) is 0.367. The molecule has 6 rings (SSSR count). The molecule has 0 spiro atoms. The van der Waals surface area contributed by atoms with Gasteiger partial charge < -0.3 is 19.4 Å². The van der Waals surface area contributed by atoms with E-state index in [0.29, 0.717) is 46.0 Å². The molecule has 0 radical (unpaired) electrons. The molecule has 2 aliphatic heterocycles. The number of imidazole rings is 1. The smallest absolute Gasteiger partial charge is 0.410 e. The molecule has 0 bridgehead atoms. The summed E-state index contributed by atoms with van der Waals surface area (Å²) in [5, 5.41) is 9.28. The number of likely N-dealkylation sites (tertiary alicyclic amines) is 1. The maximum absolute atomic E-state index is 12.6. The van der Waals surface area contributed by atoms with Crippen LogP contribution in [0.5, 0.6) is 5.75 Å². The number of likely N-dealkylation sites (N-methyl/N-ethyl adjacent to an activating group) is 1. The Morgan fingerprint density at radius 1 is 1.22 bits per heavy atom. The minimum atomic E-state index is -0.390. The molecule has 0 aliphatic carbocycles. The van der Waals surface area contributed by atoms with Crippen molar-refractivity contribution in [2.75, 3.05) is 20.1 Å². The highest BCUT2D eigenvalue weighted by molar-refractivity contribution is 6.35. The summed E-state index contributed by atoms with van der Waals surface area (Å²) >= 11 is 12.6. The van der Waals surface area contributed by atoms with Gasteiger partial charge in [-0.15, -0.1) is 0 Å². The van der Waals surface area contributed by atoms with Crippen molar-refractivity contribution in [1.29, 1.82) is 0 Å². The van der Waals surface area contributed by atoms with E-state index in [1.165, 1.54) is 0 Å². The van der Waals surface area contributed by atoms with Crippen molar-refractivity contribution < 1.29 is 14.3 Å². The van der Waals surface area contributed by atoms with Gasteiger partial charge >= 0.3 is 6.09 Å². The van der Waals surface area contributed by atoms with E-state index in [-0.39, 0.29) is 12.2 Å². The van der Waals surface area contributed by atoms with E-state index in [9.17, 15) is 4.79 Å². The Bertz CT molecular complexity index is 1440. The highest BCUT2D eigenvalue weighted by Crippen LogP contribution is 2.35. The first-order valence-corrected chi connectivity index (χ1v) is 12.8. The summed E-state index contributed by atoms with van der Waals surface area (Å²) in [6.07, 6.45) is 3.21. The van der Waals surface area contributed by atoms with Crippen LogP contribution in [0.25, 0.3) is 22.4 Å². The molecule has 12 heteroatoms. The Balaban J connectivity index is 1.19. The molecular weight excluding hydrogens is 517 g/mol. The lowest BCUT2D eigenvalue weighted by Crippen LogP contribution is -2.31. The molecular formula is C25H25Cl2N7O3. The SMILES string of the molecule is CC(Oc1ccc2[nH]nc(-c3nc4c([nH]3)CN(C(=O)OC3CCN(C)C3)C4)c2c1)c1c(Cl)cncc1Cl. The largest absolute Gasteiger partial charge is 0.486 e. The van der Waals surface area contributed by atoms with Crippen LogP contribution in [0.4, 0.5) is 4.79 Å². The van der Waals surface area contributed by atoms with Crippen LogP contribution in [0.1, 0.15) is 36.4 Å². The molecule has 3 aromatic heterocycles. The summed E-state index contributed by atoms with van der Waals surface area (Å²) in [4.78, 5) is 28.5. The number of fused-ring (bicyclic) bond motifs is 2. The van der Waals surface area contributed by atoms with Crippen LogP contribution >= 0.6 is 23.2 Å². The molecule has 10 nitrogen and oxygen atoms in total. The second-order valence-electron chi connectivity index (χ2n) is 9.48. The molecule has 192 valence electrons. The second kappa shape index (κ2) is 9.51. The summed E-state index contributed by atoms with van der Waals surface area (Å²) in [5.74, 6) is 1.27. The van der Waals surface area contributed by atoms with Gasteiger partial charge in [-0.2, -0.15) is 5.10 Å². The van der Waals surface area contributed by atoms with Crippen molar-refractivity contribution in [2.45, 2.75) is 38.6 Å². The van der Waals surface area contributed by atoms with E-state index < -0.39 is 6.10 Å². The predicted molar refractivity (Wildman–Crippen MR) is 139 cm³/mol. The van der Waals surface area contributed by atoms with Gasteiger partial charge in [0.15, 0.2) is 5.82 Å². The van der Waals surface area contributed by atoms with Crippen LogP contribution in [0, 0.1) is 0 Å². The maximum atomic E-state index is 12.6. The number of rotatable bonds is 5. The molecule has 1 fully saturated rings. The van der Waals surface area contributed by atoms with Gasteiger partial charge in [0.25, 0.3) is 0 Å². The average Bonchev–Trinajstić information content (AvgIpc) is 3.62. The van der Waals surface area contributed by atoms with Gasteiger partial charge in [-0.25, -0.2) is 9.78 Å². The predicted octanol–water partition coefficient (Wildman–Crippen LogP) is 4.95. The Labute approximate surface area is 222 Å². The number of benzene rings is 1. The Morgan fingerprint density at radius 2 is 2.03 bits per heavy atom. The zero-order valence-electron chi connectivity index (χ0n) is 20.3. The van der Waals surface area contributed by atoms with Gasteiger partial charge in [-0.1, -0.05) is 23.2 Å². The van der Waals surface area contributed by atoms with Gasteiger partial charge in [0.1, 0.15) is 23.7 Å². The number of amides is 1. The lowest BCUT2D eigenvalue weighted by atomic mass is 10.1. The molecule has 1 amide bonds. The molecule has 0 saturated carbocycles. The number of nitrogens with zero attached hydrogens (tertiary/aromatic N) is 5. The number of pyridine rings is 1. The average molecular weight is 542 g/mol. The van der Waals surface area contributed by atoms with Crippen LogP contribution in [0.3, 0.4) is 0 Å². The number of hydrogen-bond donors (Lipinski definition) is 2.